The fourth-order valence-electron chi connectivity index (χ4n) is 3.36. The number of methoxy groups -OCH3 is 2. The van der Waals surface area contributed by atoms with E-state index in [1.165, 1.54) is 0 Å². The molecule has 0 spiro atoms. The second kappa shape index (κ2) is 7.79. The van der Waals surface area contributed by atoms with E-state index in [2.05, 4.69) is 50.6 Å². The van der Waals surface area contributed by atoms with E-state index < -0.39 is 0 Å². The van der Waals surface area contributed by atoms with E-state index in [1.807, 2.05) is 31.2 Å². The van der Waals surface area contributed by atoms with Gasteiger partial charge in [0.1, 0.15) is 11.6 Å². The Bertz CT molecular complexity index is 1140. The molecule has 0 amide bonds. The van der Waals surface area contributed by atoms with Crippen molar-refractivity contribution in [3.05, 3.63) is 60.0 Å². The van der Waals surface area contributed by atoms with E-state index in [0.717, 1.165) is 33.5 Å². The molecule has 29 heavy (non-hydrogen) atoms. The van der Waals surface area contributed by atoms with Gasteiger partial charge in [-0.15, -0.1) is 0 Å². The zero-order valence-corrected chi connectivity index (χ0v) is 16.9. The predicted molar refractivity (Wildman–Crippen MR) is 113 cm³/mol. The maximum absolute atomic E-state index is 5.46. The molecule has 0 saturated carbocycles. The number of ether oxygens (including phenoxy) is 2. The van der Waals surface area contributed by atoms with E-state index in [4.69, 9.17) is 9.47 Å². The first kappa shape index (κ1) is 18.7. The lowest BCUT2D eigenvalue weighted by Crippen LogP contribution is -2.10. The molecule has 4 rings (SSSR count). The van der Waals surface area contributed by atoms with Crippen molar-refractivity contribution in [3.63, 3.8) is 0 Å². The molecule has 0 saturated heterocycles. The molecule has 0 aliphatic rings. The minimum absolute atomic E-state index is 0.0310. The summed E-state index contributed by atoms with van der Waals surface area (Å²) in [7, 11) is 3.24. The van der Waals surface area contributed by atoms with Gasteiger partial charge in [0.25, 0.3) is 0 Å². The molecule has 0 aliphatic carbocycles. The van der Waals surface area contributed by atoms with Crippen LogP contribution in [0.2, 0.25) is 0 Å². The maximum Gasteiger partial charge on any atom is 0.162 e. The smallest absolute Gasteiger partial charge is 0.162 e. The van der Waals surface area contributed by atoms with Gasteiger partial charge in [0.2, 0.25) is 0 Å². The van der Waals surface area contributed by atoms with Gasteiger partial charge in [0, 0.05) is 23.7 Å². The molecule has 0 radical (unpaired) electrons. The fourth-order valence-corrected chi connectivity index (χ4v) is 3.36. The van der Waals surface area contributed by atoms with E-state index in [9.17, 15) is 0 Å². The molecule has 0 unspecified atom stereocenters. The first-order valence-electron chi connectivity index (χ1n) is 9.35. The summed E-state index contributed by atoms with van der Waals surface area (Å²) in [6.07, 6.45) is 1.75. The van der Waals surface area contributed by atoms with Crippen LogP contribution in [-0.4, -0.2) is 34.4 Å². The molecular formula is C22H23N5O2. The average Bonchev–Trinajstić information content (AvgIpc) is 3.27. The van der Waals surface area contributed by atoms with Crippen LogP contribution in [0.15, 0.2) is 48.7 Å². The van der Waals surface area contributed by atoms with Crippen LogP contribution in [0.5, 0.6) is 11.5 Å². The van der Waals surface area contributed by atoms with Crippen LogP contribution in [0.1, 0.15) is 24.4 Å². The van der Waals surface area contributed by atoms with Gasteiger partial charge in [0.05, 0.1) is 25.4 Å². The van der Waals surface area contributed by atoms with Crippen molar-refractivity contribution in [1.29, 1.82) is 0 Å². The van der Waals surface area contributed by atoms with Crippen molar-refractivity contribution < 1.29 is 9.47 Å². The molecule has 1 atom stereocenters. The van der Waals surface area contributed by atoms with Crippen molar-refractivity contribution in [2.75, 3.05) is 19.5 Å². The van der Waals surface area contributed by atoms with Crippen LogP contribution in [0.4, 0.5) is 5.82 Å². The number of anilines is 1. The van der Waals surface area contributed by atoms with Crippen molar-refractivity contribution in [2.24, 2.45) is 0 Å². The van der Waals surface area contributed by atoms with E-state index >= 15 is 0 Å². The molecule has 2 heterocycles. The largest absolute Gasteiger partial charge is 0.493 e. The van der Waals surface area contributed by atoms with Crippen LogP contribution < -0.4 is 14.8 Å². The van der Waals surface area contributed by atoms with Crippen molar-refractivity contribution in [1.82, 2.24) is 20.2 Å². The molecule has 2 aromatic carbocycles. The lowest BCUT2D eigenvalue weighted by molar-refractivity contribution is 0.356. The summed E-state index contributed by atoms with van der Waals surface area (Å²) >= 11 is 0. The Hall–Kier alpha value is -3.61. The Kier molecular flexibility index (Phi) is 5.03. The van der Waals surface area contributed by atoms with Gasteiger partial charge < -0.3 is 14.8 Å². The van der Waals surface area contributed by atoms with Crippen LogP contribution >= 0.6 is 0 Å². The molecule has 148 valence electrons. The number of hydrogen-bond donors (Lipinski definition) is 2. The lowest BCUT2D eigenvalue weighted by atomic mass is 10.0. The lowest BCUT2D eigenvalue weighted by Gasteiger charge is -2.18. The third kappa shape index (κ3) is 3.71. The number of nitrogens with one attached hydrogen (secondary N) is 2. The Morgan fingerprint density at radius 3 is 2.52 bits per heavy atom. The van der Waals surface area contributed by atoms with Gasteiger partial charge in [-0.3, -0.25) is 5.10 Å². The first-order chi connectivity index (χ1) is 14.1. The summed E-state index contributed by atoms with van der Waals surface area (Å²) in [5.74, 6) is 2.73. The Balaban J connectivity index is 1.71. The Labute approximate surface area is 169 Å². The number of hydrogen-bond acceptors (Lipinski definition) is 6. The highest BCUT2D eigenvalue weighted by Gasteiger charge is 2.15. The van der Waals surface area contributed by atoms with Crippen LogP contribution in [0, 0.1) is 6.92 Å². The highest BCUT2D eigenvalue weighted by atomic mass is 16.5. The Morgan fingerprint density at radius 2 is 1.79 bits per heavy atom. The second-order valence-electron chi connectivity index (χ2n) is 6.81. The van der Waals surface area contributed by atoms with Gasteiger partial charge >= 0.3 is 0 Å². The summed E-state index contributed by atoms with van der Waals surface area (Å²) in [6.45, 7) is 3.99. The van der Waals surface area contributed by atoms with E-state index in [-0.39, 0.29) is 6.04 Å². The summed E-state index contributed by atoms with van der Waals surface area (Å²) in [5, 5.41) is 11.5. The summed E-state index contributed by atoms with van der Waals surface area (Å²) < 4.78 is 10.9. The molecule has 0 fully saturated rings. The van der Waals surface area contributed by atoms with Gasteiger partial charge in [-0.25, -0.2) is 9.97 Å². The van der Waals surface area contributed by atoms with Gasteiger partial charge in [0.15, 0.2) is 11.5 Å². The quantitative estimate of drug-likeness (QED) is 0.504. The summed E-state index contributed by atoms with van der Waals surface area (Å²) in [4.78, 5) is 9.19. The highest BCUT2D eigenvalue weighted by Crippen LogP contribution is 2.35. The summed E-state index contributed by atoms with van der Waals surface area (Å²) in [6, 6.07) is 14.1. The summed E-state index contributed by atoms with van der Waals surface area (Å²) in [5.41, 5.74) is 4.01. The number of aromatic nitrogens is 4. The van der Waals surface area contributed by atoms with E-state index in [0.29, 0.717) is 17.3 Å². The number of rotatable bonds is 6. The molecule has 0 aliphatic heterocycles. The van der Waals surface area contributed by atoms with Crippen molar-refractivity contribution in [2.45, 2.75) is 19.9 Å². The van der Waals surface area contributed by atoms with Crippen molar-refractivity contribution >= 4 is 16.7 Å². The monoisotopic (exact) mass is 389 g/mol. The predicted octanol–water partition coefficient (Wildman–Crippen LogP) is 4.52. The average molecular weight is 389 g/mol. The second-order valence-corrected chi connectivity index (χ2v) is 6.81. The van der Waals surface area contributed by atoms with Crippen LogP contribution in [0.3, 0.4) is 0 Å². The SMILES string of the molecule is COc1cc2nc(C)nc(N[C@H](C)c3cccc(-c4ccn[nH]4)c3)c2cc1OC. The number of fused-ring (bicyclic) bond motifs is 1. The zero-order valence-electron chi connectivity index (χ0n) is 16.9. The van der Waals surface area contributed by atoms with Crippen LogP contribution in [-0.2, 0) is 0 Å². The van der Waals surface area contributed by atoms with Crippen molar-refractivity contribution in [3.8, 4) is 22.8 Å². The highest BCUT2D eigenvalue weighted by molar-refractivity contribution is 5.92. The van der Waals surface area contributed by atoms with E-state index in [1.54, 1.807) is 20.4 Å². The molecule has 7 nitrogen and oxygen atoms in total. The van der Waals surface area contributed by atoms with Gasteiger partial charge in [-0.1, -0.05) is 18.2 Å². The first-order valence-corrected chi connectivity index (χ1v) is 9.35. The fraction of sp³-hybridized carbons (Fsp3) is 0.227. The standard InChI is InChI=1S/C22H23N5O2/c1-13(15-6-5-7-16(10-15)18-8-9-23-27-18)24-22-17-11-20(28-3)21(29-4)12-19(17)25-14(2)26-22/h5-13H,1-4H3,(H,23,27)(H,24,25,26)/t13-/m1/s1. The molecule has 2 aromatic heterocycles. The Morgan fingerprint density at radius 1 is 1.00 bits per heavy atom. The molecule has 4 aromatic rings. The number of nitrogens with zero attached hydrogens (tertiary/aromatic N) is 3. The minimum Gasteiger partial charge on any atom is -0.493 e. The number of aryl methyl sites for hydroxylation is 1. The molecule has 0 bridgehead atoms. The molecule has 2 N–H and O–H groups in total. The number of benzene rings is 2. The topological polar surface area (TPSA) is 85.0 Å². The minimum atomic E-state index is 0.0310. The third-order valence-corrected chi connectivity index (χ3v) is 4.86. The van der Waals surface area contributed by atoms with Crippen LogP contribution in [0.25, 0.3) is 22.2 Å². The van der Waals surface area contributed by atoms with Gasteiger partial charge in [-0.05, 0) is 43.2 Å². The number of aromatic amines is 1. The number of H-pyrrole nitrogens is 1. The molecule has 7 heteroatoms. The van der Waals surface area contributed by atoms with Gasteiger partial charge in [-0.2, -0.15) is 5.10 Å². The molecular weight excluding hydrogens is 366 g/mol. The zero-order chi connectivity index (χ0) is 20.4. The maximum atomic E-state index is 5.46. The normalized spacial score (nSPS) is 12.0. The third-order valence-electron chi connectivity index (χ3n) is 4.86.